The van der Waals surface area contributed by atoms with Gasteiger partial charge in [0.15, 0.2) is 17.5 Å². The Labute approximate surface area is 99.5 Å². The highest BCUT2D eigenvalue weighted by Gasteiger charge is 2.15. The number of anilines is 1. The summed E-state index contributed by atoms with van der Waals surface area (Å²) in [7, 11) is 0. The van der Waals surface area contributed by atoms with Crippen LogP contribution in [0.1, 0.15) is 10.4 Å². The SMILES string of the molecule is O=C(Nc1ncccn1)c1cc(F)c(F)c(F)c1. The van der Waals surface area contributed by atoms with E-state index < -0.39 is 23.4 Å². The third kappa shape index (κ3) is 2.45. The summed E-state index contributed by atoms with van der Waals surface area (Å²) in [4.78, 5) is 19.0. The number of hydrogen-bond acceptors (Lipinski definition) is 3. The molecule has 4 nitrogen and oxygen atoms in total. The Morgan fingerprint density at radius 2 is 1.61 bits per heavy atom. The van der Waals surface area contributed by atoms with Crippen molar-refractivity contribution < 1.29 is 18.0 Å². The van der Waals surface area contributed by atoms with Gasteiger partial charge in [0.2, 0.25) is 5.95 Å². The summed E-state index contributed by atoms with van der Waals surface area (Å²) in [6.45, 7) is 0. The molecule has 1 amide bonds. The molecule has 18 heavy (non-hydrogen) atoms. The molecule has 0 saturated heterocycles. The van der Waals surface area contributed by atoms with Crippen molar-refractivity contribution in [1.82, 2.24) is 9.97 Å². The van der Waals surface area contributed by atoms with E-state index in [0.717, 1.165) is 0 Å². The van der Waals surface area contributed by atoms with Gasteiger partial charge >= 0.3 is 0 Å². The molecule has 0 saturated carbocycles. The lowest BCUT2D eigenvalue weighted by Crippen LogP contribution is -2.15. The Morgan fingerprint density at radius 1 is 1.06 bits per heavy atom. The Hall–Kier alpha value is -2.44. The fourth-order valence-corrected chi connectivity index (χ4v) is 1.22. The van der Waals surface area contributed by atoms with E-state index in [1.807, 2.05) is 0 Å². The minimum atomic E-state index is -1.62. The maximum absolute atomic E-state index is 12.9. The summed E-state index contributed by atoms with van der Waals surface area (Å²) in [5.74, 6) is -5.35. The minimum Gasteiger partial charge on any atom is -0.290 e. The van der Waals surface area contributed by atoms with Gasteiger partial charge in [0, 0.05) is 18.0 Å². The molecule has 1 heterocycles. The third-order valence-corrected chi connectivity index (χ3v) is 2.04. The predicted octanol–water partition coefficient (Wildman–Crippen LogP) is 2.15. The van der Waals surface area contributed by atoms with Crippen LogP contribution in [0.15, 0.2) is 30.6 Å². The lowest BCUT2D eigenvalue weighted by Gasteiger charge is -2.04. The number of aromatic nitrogens is 2. The number of halogens is 3. The molecule has 0 aliphatic heterocycles. The van der Waals surface area contributed by atoms with Crippen molar-refractivity contribution in [2.24, 2.45) is 0 Å². The highest BCUT2D eigenvalue weighted by Crippen LogP contribution is 2.14. The van der Waals surface area contributed by atoms with E-state index in [4.69, 9.17) is 0 Å². The quantitative estimate of drug-likeness (QED) is 0.834. The highest BCUT2D eigenvalue weighted by atomic mass is 19.2. The van der Waals surface area contributed by atoms with Crippen LogP contribution < -0.4 is 5.32 Å². The van der Waals surface area contributed by atoms with Crippen molar-refractivity contribution in [3.8, 4) is 0 Å². The molecule has 92 valence electrons. The molecule has 2 rings (SSSR count). The second kappa shape index (κ2) is 4.82. The van der Waals surface area contributed by atoms with Gasteiger partial charge in [-0.15, -0.1) is 0 Å². The first kappa shape index (κ1) is 12.0. The van der Waals surface area contributed by atoms with Crippen LogP contribution >= 0.6 is 0 Å². The van der Waals surface area contributed by atoms with E-state index in [9.17, 15) is 18.0 Å². The van der Waals surface area contributed by atoms with Crippen LogP contribution in [-0.4, -0.2) is 15.9 Å². The minimum absolute atomic E-state index is 0.0207. The van der Waals surface area contributed by atoms with Crippen molar-refractivity contribution in [2.45, 2.75) is 0 Å². The largest absolute Gasteiger partial charge is 0.290 e. The molecule has 7 heteroatoms. The van der Waals surface area contributed by atoms with Gasteiger partial charge in [-0.25, -0.2) is 23.1 Å². The lowest BCUT2D eigenvalue weighted by molar-refractivity contribution is 0.102. The number of carbonyl (C=O) groups excluding carboxylic acids is 1. The molecule has 1 N–H and O–H groups in total. The van der Waals surface area contributed by atoms with Gasteiger partial charge < -0.3 is 0 Å². The molecule has 0 radical (unpaired) electrons. The van der Waals surface area contributed by atoms with Gasteiger partial charge in [-0.1, -0.05) is 0 Å². The average Bonchev–Trinajstić information content (AvgIpc) is 2.36. The number of hydrogen-bond donors (Lipinski definition) is 1. The van der Waals surface area contributed by atoms with E-state index in [0.29, 0.717) is 12.1 Å². The molecular weight excluding hydrogens is 247 g/mol. The fourth-order valence-electron chi connectivity index (χ4n) is 1.22. The van der Waals surface area contributed by atoms with Gasteiger partial charge in [-0.3, -0.25) is 10.1 Å². The van der Waals surface area contributed by atoms with Crippen molar-refractivity contribution in [1.29, 1.82) is 0 Å². The van der Waals surface area contributed by atoms with E-state index in [2.05, 4.69) is 15.3 Å². The van der Waals surface area contributed by atoms with E-state index in [1.165, 1.54) is 18.5 Å². The first-order valence-corrected chi connectivity index (χ1v) is 4.81. The summed E-state index contributed by atoms with van der Waals surface area (Å²) in [5.41, 5.74) is -0.362. The van der Waals surface area contributed by atoms with Crippen molar-refractivity contribution in [2.75, 3.05) is 5.32 Å². The van der Waals surface area contributed by atoms with Crippen molar-refractivity contribution >= 4 is 11.9 Å². The number of nitrogens with one attached hydrogen (secondary N) is 1. The molecule has 0 aliphatic rings. The van der Waals surface area contributed by atoms with E-state index >= 15 is 0 Å². The second-order valence-electron chi connectivity index (χ2n) is 3.28. The maximum Gasteiger partial charge on any atom is 0.258 e. The normalized spacial score (nSPS) is 10.2. The zero-order valence-electron chi connectivity index (χ0n) is 8.82. The lowest BCUT2D eigenvalue weighted by atomic mass is 10.2. The van der Waals surface area contributed by atoms with Crippen molar-refractivity contribution in [3.05, 3.63) is 53.6 Å². The third-order valence-electron chi connectivity index (χ3n) is 2.04. The summed E-state index contributed by atoms with van der Waals surface area (Å²) in [5, 5.41) is 2.22. The van der Waals surface area contributed by atoms with Crippen LogP contribution in [0.2, 0.25) is 0 Å². The first-order valence-electron chi connectivity index (χ1n) is 4.81. The predicted molar refractivity (Wildman–Crippen MR) is 56.3 cm³/mol. The zero-order valence-corrected chi connectivity index (χ0v) is 8.82. The topological polar surface area (TPSA) is 54.9 Å². The Kier molecular flexibility index (Phi) is 3.22. The standard InChI is InChI=1S/C11H6F3N3O/c12-7-4-6(5-8(13)9(7)14)10(18)17-11-15-2-1-3-16-11/h1-5H,(H,15,16,17,18). The average molecular weight is 253 g/mol. The molecule has 1 aromatic carbocycles. The maximum atomic E-state index is 12.9. The van der Waals surface area contributed by atoms with E-state index in [-0.39, 0.29) is 11.5 Å². The molecule has 0 fully saturated rings. The highest BCUT2D eigenvalue weighted by molar-refractivity contribution is 6.03. The summed E-state index contributed by atoms with van der Waals surface area (Å²) in [6, 6.07) is 2.72. The molecule has 0 bridgehead atoms. The fraction of sp³-hybridized carbons (Fsp3) is 0. The van der Waals surface area contributed by atoms with Crippen LogP contribution in [0.4, 0.5) is 19.1 Å². The van der Waals surface area contributed by atoms with E-state index in [1.54, 1.807) is 0 Å². The van der Waals surface area contributed by atoms with Crippen molar-refractivity contribution in [3.63, 3.8) is 0 Å². The van der Waals surface area contributed by atoms with Gasteiger partial charge in [-0.05, 0) is 18.2 Å². The molecule has 0 aliphatic carbocycles. The molecule has 0 spiro atoms. The van der Waals surface area contributed by atoms with Crippen LogP contribution in [0.5, 0.6) is 0 Å². The first-order chi connectivity index (χ1) is 8.58. The number of nitrogens with zero attached hydrogens (tertiary/aromatic N) is 2. The van der Waals surface area contributed by atoms with Gasteiger partial charge in [-0.2, -0.15) is 0 Å². The zero-order chi connectivity index (χ0) is 13.1. The Morgan fingerprint density at radius 3 is 2.17 bits per heavy atom. The summed E-state index contributed by atoms with van der Waals surface area (Å²) >= 11 is 0. The van der Waals surface area contributed by atoms with Crippen LogP contribution in [-0.2, 0) is 0 Å². The molecule has 0 atom stereocenters. The molecule has 1 aromatic heterocycles. The number of benzene rings is 1. The number of amides is 1. The molecule has 2 aromatic rings. The van der Waals surface area contributed by atoms with Gasteiger partial charge in [0.25, 0.3) is 5.91 Å². The van der Waals surface area contributed by atoms with Crippen LogP contribution in [0.25, 0.3) is 0 Å². The summed E-state index contributed by atoms with van der Waals surface area (Å²) < 4.78 is 38.5. The number of carbonyl (C=O) groups is 1. The number of rotatable bonds is 2. The Balaban J connectivity index is 2.25. The van der Waals surface area contributed by atoms with Gasteiger partial charge in [0.1, 0.15) is 0 Å². The molecule has 0 unspecified atom stereocenters. The summed E-state index contributed by atoms with van der Waals surface area (Å²) in [6.07, 6.45) is 2.77. The van der Waals surface area contributed by atoms with Crippen LogP contribution in [0.3, 0.4) is 0 Å². The second-order valence-corrected chi connectivity index (χ2v) is 3.28. The monoisotopic (exact) mass is 253 g/mol. The molecular formula is C11H6F3N3O. The van der Waals surface area contributed by atoms with Crippen LogP contribution in [0, 0.1) is 17.5 Å². The Bertz CT molecular complexity index is 566. The van der Waals surface area contributed by atoms with Gasteiger partial charge in [0.05, 0.1) is 0 Å². The smallest absolute Gasteiger partial charge is 0.258 e.